The third kappa shape index (κ3) is 2.34. The molecule has 0 atom stereocenters. The van der Waals surface area contributed by atoms with E-state index in [4.69, 9.17) is 4.74 Å². The predicted octanol–water partition coefficient (Wildman–Crippen LogP) is 2.32. The Hall–Kier alpha value is -2.30. The van der Waals surface area contributed by atoms with Gasteiger partial charge in [0, 0.05) is 18.4 Å². The number of aromatic nitrogens is 2. The third-order valence-corrected chi connectivity index (χ3v) is 2.46. The average molecular weight is 246 g/mol. The van der Waals surface area contributed by atoms with Gasteiger partial charge in [-0.2, -0.15) is 0 Å². The van der Waals surface area contributed by atoms with Crippen molar-refractivity contribution in [2.24, 2.45) is 0 Å². The Kier molecular flexibility index (Phi) is 3.32. The van der Waals surface area contributed by atoms with Crippen LogP contribution in [0.5, 0.6) is 17.4 Å². The van der Waals surface area contributed by atoms with E-state index in [9.17, 15) is 9.90 Å². The highest BCUT2D eigenvalue weighted by atomic mass is 16.5. The number of benzene rings is 1. The van der Waals surface area contributed by atoms with Gasteiger partial charge in [0.15, 0.2) is 11.5 Å². The molecule has 1 aromatic carbocycles. The molecule has 1 aromatic heterocycles. The van der Waals surface area contributed by atoms with Gasteiger partial charge in [-0.3, -0.25) is 4.79 Å². The first-order chi connectivity index (χ1) is 8.59. The number of nitrogens with zero attached hydrogens (tertiary/aromatic N) is 2. The summed E-state index contributed by atoms with van der Waals surface area (Å²) in [7, 11) is 0. The largest absolute Gasteiger partial charge is 0.504 e. The van der Waals surface area contributed by atoms with Gasteiger partial charge < -0.3 is 14.4 Å². The van der Waals surface area contributed by atoms with Gasteiger partial charge in [0.05, 0.1) is 0 Å². The molecule has 0 spiro atoms. The maximum absolute atomic E-state index is 12.0. The molecule has 0 unspecified atom stereocenters. The smallest absolute Gasteiger partial charge is 0.313 e. The van der Waals surface area contributed by atoms with Crippen LogP contribution in [0, 0.1) is 0 Å². The highest BCUT2D eigenvalue weighted by Gasteiger charge is 2.11. The number of para-hydroxylation sites is 2. The lowest BCUT2D eigenvalue weighted by atomic mass is 10.3. The molecule has 5 nitrogen and oxygen atoms in total. The number of aromatic hydroxyl groups is 1. The molecule has 0 radical (unpaired) electrons. The summed E-state index contributed by atoms with van der Waals surface area (Å²) in [5.74, 6) is 0.134. The Morgan fingerprint density at radius 1 is 1.33 bits per heavy atom. The van der Waals surface area contributed by atoms with Crippen LogP contribution in [0.4, 0.5) is 0 Å². The Balaban J connectivity index is 2.39. The summed E-state index contributed by atoms with van der Waals surface area (Å²) >= 11 is 0. The Morgan fingerprint density at radius 3 is 2.72 bits per heavy atom. The fourth-order valence-electron chi connectivity index (χ4n) is 1.53. The molecule has 1 heterocycles. The van der Waals surface area contributed by atoms with Crippen molar-refractivity contribution in [1.82, 2.24) is 9.55 Å². The molecule has 0 amide bonds. The minimum Gasteiger partial charge on any atom is -0.504 e. The minimum absolute atomic E-state index is 0.0206. The van der Waals surface area contributed by atoms with E-state index in [1.807, 2.05) is 13.8 Å². The molecule has 2 aromatic rings. The normalized spacial score (nSPS) is 10.6. The van der Waals surface area contributed by atoms with Crippen molar-refractivity contribution in [3.8, 4) is 17.4 Å². The highest BCUT2D eigenvalue weighted by Crippen LogP contribution is 2.27. The maximum Gasteiger partial charge on any atom is 0.313 e. The van der Waals surface area contributed by atoms with E-state index in [2.05, 4.69) is 4.98 Å². The van der Waals surface area contributed by atoms with Gasteiger partial charge in [0.1, 0.15) is 0 Å². The van der Waals surface area contributed by atoms with Crippen LogP contribution in [-0.4, -0.2) is 14.7 Å². The van der Waals surface area contributed by atoms with Gasteiger partial charge in [-0.25, -0.2) is 4.98 Å². The van der Waals surface area contributed by atoms with Crippen LogP contribution in [0.15, 0.2) is 41.5 Å². The fraction of sp³-hybridized carbons (Fsp3) is 0.231. The number of phenolic OH excluding ortho intramolecular Hbond substituents is 1. The van der Waals surface area contributed by atoms with E-state index in [1.54, 1.807) is 24.4 Å². The number of ether oxygens (including phenoxy) is 1. The average Bonchev–Trinajstić information content (AvgIpc) is 2.34. The molecule has 0 fully saturated rings. The maximum atomic E-state index is 12.0. The quantitative estimate of drug-likeness (QED) is 0.902. The molecule has 18 heavy (non-hydrogen) atoms. The van der Waals surface area contributed by atoms with Gasteiger partial charge in [0.25, 0.3) is 5.88 Å². The van der Waals surface area contributed by atoms with Crippen LogP contribution < -0.4 is 10.3 Å². The van der Waals surface area contributed by atoms with Crippen molar-refractivity contribution in [1.29, 1.82) is 0 Å². The van der Waals surface area contributed by atoms with E-state index >= 15 is 0 Å². The lowest BCUT2D eigenvalue weighted by molar-refractivity contribution is 0.392. The van der Waals surface area contributed by atoms with Crippen molar-refractivity contribution in [2.75, 3.05) is 0 Å². The van der Waals surface area contributed by atoms with E-state index in [1.165, 1.54) is 16.8 Å². The zero-order valence-corrected chi connectivity index (χ0v) is 10.2. The van der Waals surface area contributed by atoms with Crippen LogP contribution in [0.1, 0.15) is 19.9 Å². The number of hydrogen-bond acceptors (Lipinski definition) is 4. The number of hydrogen-bond donors (Lipinski definition) is 1. The van der Waals surface area contributed by atoms with E-state index < -0.39 is 0 Å². The molecule has 0 bridgehead atoms. The first-order valence-electron chi connectivity index (χ1n) is 5.62. The van der Waals surface area contributed by atoms with Gasteiger partial charge in [-0.05, 0) is 26.0 Å². The molecular weight excluding hydrogens is 232 g/mol. The molecule has 0 aliphatic carbocycles. The van der Waals surface area contributed by atoms with Gasteiger partial charge in [0.2, 0.25) is 0 Å². The van der Waals surface area contributed by atoms with Crippen LogP contribution in [0.2, 0.25) is 0 Å². The van der Waals surface area contributed by atoms with E-state index in [0.29, 0.717) is 0 Å². The van der Waals surface area contributed by atoms with Crippen molar-refractivity contribution in [3.63, 3.8) is 0 Å². The summed E-state index contributed by atoms with van der Waals surface area (Å²) in [4.78, 5) is 15.9. The van der Waals surface area contributed by atoms with Crippen molar-refractivity contribution in [2.45, 2.75) is 19.9 Å². The van der Waals surface area contributed by atoms with Gasteiger partial charge >= 0.3 is 5.56 Å². The molecule has 1 N–H and O–H groups in total. The zero-order valence-electron chi connectivity index (χ0n) is 10.2. The predicted molar refractivity (Wildman–Crippen MR) is 67.1 cm³/mol. The first kappa shape index (κ1) is 12.2. The fourth-order valence-corrected chi connectivity index (χ4v) is 1.53. The van der Waals surface area contributed by atoms with Crippen molar-refractivity contribution >= 4 is 0 Å². The second-order valence-electron chi connectivity index (χ2n) is 4.11. The molecule has 5 heteroatoms. The number of rotatable bonds is 3. The Bertz CT molecular complexity index is 605. The summed E-state index contributed by atoms with van der Waals surface area (Å²) < 4.78 is 6.85. The van der Waals surface area contributed by atoms with Crippen LogP contribution in [0.25, 0.3) is 0 Å². The van der Waals surface area contributed by atoms with E-state index in [0.717, 1.165) is 0 Å². The van der Waals surface area contributed by atoms with Gasteiger partial charge in [-0.1, -0.05) is 12.1 Å². The van der Waals surface area contributed by atoms with Crippen LogP contribution in [-0.2, 0) is 0 Å². The Labute approximate surface area is 104 Å². The topological polar surface area (TPSA) is 64.3 Å². The summed E-state index contributed by atoms with van der Waals surface area (Å²) in [6.07, 6.45) is 3.10. The standard InChI is InChI=1S/C13H14N2O3/c1-9(2)15-8-7-14-12(13(15)17)18-11-6-4-3-5-10(11)16/h3-9,16H,1-2H3. The van der Waals surface area contributed by atoms with Crippen LogP contribution in [0.3, 0.4) is 0 Å². The van der Waals surface area contributed by atoms with Crippen LogP contribution >= 0.6 is 0 Å². The minimum atomic E-state index is -0.323. The molecule has 94 valence electrons. The summed E-state index contributed by atoms with van der Waals surface area (Å²) in [5, 5.41) is 9.58. The summed E-state index contributed by atoms with van der Waals surface area (Å²) in [5.41, 5.74) is -0.323. The summed E-state index contributed by atoms with van der Waals surface area (Å²) in [6, 6.07) is 6.46. The zero-order chi connectivity index (χ0) is 13.1. The number of phenols is 1. The molecule has 0 saturated carbocycles. The molecule has 0 aliphatic heterocycles. The van der Waals surface area contributed by atoms with Gasteiger partial charge in [-0.15, -0.1) is 0 Å². The lowest BCUT2D eigenvalue weighted by Crippen LogP contribution is -2.23. The second-order valence-corrected chi connectivity index (χ2v) is 4.11. The molecule has 0 saturated heterocycles. The van der Waals surface area contributed by atoms with Crippen molar-refractivity contribution < 1.29 is 9.84 Å². The molecule has 2 rings (SSSR count). The summed E-state index contributed by atoms with van der Waals surface area (Å²) in [6.45, 7) is 3.79. The lowest BCUT2D eigenvalue weighted by Gasteiger charge is -2.11. The first-order valence-corrected chi connectivity index (χ1v) is 5.62. The van der Waals surface area contributed by atoms with Crippen molar-refractivity contribution in [3.05, 3.63) is 47.0 Å². The second kappa shape index (κ2) is 4.91. The third-order valence-electron chi connectivity index (χ3n) is 2.46. The molecular formula is C13H14N2O3. The van der Waals surface area contributed by atoms with E-state index in [-0.39, 0.29) is 29.0 Å². The SMILES string of the molecule is CC(C)n1ccnc(Oc2ccccc2O)c1=O. The monoisotopic (exact) mass is 246 g/mol. The molecule has 0 aliphatic rings. The highest BCUT2D eigenvalue weighted by molar-refractivity contribution is 5.39. The Morgan fingerprint density at radius 2 is 2.06 bits per heavy atom.